The van der Waals surface area contributed by atoms with Gasteiger partial charge in [-0.15, -0.1) is 45.3 Å². The van der Waals surface area contributed by atoms with Gasteiger partial charge in [0.15, 0.2) is 0 Å². The maximum Gasteiger partial charge on any atom is 0.122 e. The molecule has 0 bridgehead atoms. The van der Waals surface area contributed by atoms with Crippen molar-refractivity contribution in [1.82, 2.24) is 0 Å². The Morgan fingerprint density at radius 3 is 1.31 bits per heavy atom. The molecule has 5 heterocycles. The van der Waals surface area contributed by atoms with Crippen LogP contribution in [0, 0.1) is 0 Å². The van der Waals surface area contributed by atoms with Crippen LogP contribution in [0.3, 0.4) is 0 Å². The van der Waals surface area contributed by atoms with E-state index < -0.39 is 8.07 Å². The molecule has 0 radical (unpaired) electrons. The Morgan fingerprint density at radius 2 is 0.923 bits per heavy atom. The van der Waals surface area contributed by atoms with Gasteiger partial charge in [-0.1, -0.05) is 90.9 Å². The molecule has 5 rings (SSSR count). The third-order valence-electron chi connectivity index (χ3n) is 8.25. The highest BCUT2D eigenvalue weighted by molar-refractivity contribution is 9.11. The van der Waals surface area contributed by atoms with Gasteiger partial charge in [-0.25, -0.2) is 0 Å². The Morgan fingerprint density at radius 1 is 0.513 bits per heavy atom. The molecule has 0 aromatic carbocycles. The number of rotatable bonds is 16. The lowest BCUT2D eigenvalue weighted by atomic mass is 10.1. The van der Waals surface area contributed by atoms with Gasteiger partial charge in [0.1, 0.15) is 8.07 Å². The lowest BCUT2D eigenvalue weighted by Crippen LogP contribution is -2.54. The normalized spacial score (nSPS) is 13.7. The van der Waals surface area contributed by atoms with E-state index in [9.17, 15) is 0 Å². The average molecular weight is 741 g/mol. The third kappa shape index (κ3) is 6.97. The van der Waals surface area contributed by atoms with Crippen molar-refractivity contribution in [3.8, 4) is 29.3 Å². The minimum atomic E-state index is -1.81. The smallest absolute Gasteiger partial charge is 0.122 e. The number of hydrogen-bond donors (Lipinski definition) is 0. The first-order valence-electron chi connectivity index (χ1n) is 14.9. The van der Waals surface area contributed by atoms with Crippen LogP contribution in [0.1, 0.15) is 90.9 Å². The van der Waals surface area contributed by atoms with Crippen LogP contribution >= 0.6 is 77.2 Å². The first-order valence-corrected chi connectivity index (χ1v) is 22.1. The Bertz CT molecular complexity index is 1240. The molecule has 0 unspecified atom stereocenters. The summed E-state index contributed by atoms with van der Waals surface area (Å²) in [5.41, 5.74) is 0. The van der Waals surface area contributed by atoms with Crippen molar-refractivity contribution in [3.63, 3.8) is 0 Å². The highest BCUT2D eigenvalue weighted by Crippen LogP contribution is 2.49. The fraction of sp³-hybridized carbons (Fsp3) is 0.500. The predicted molar refractivity (Wildman–Crippen MR) is 191 cm³/mol. The lowest BCUT2D eigenvalue weighted by molar-refractivity contribution is 0.616. The molecular formula is C32H40Br2S4Si. The van der Waals surface area contributed by atoms with Gasteiger partial charge in [0.2, 0.25) is 0 Å². The van der Waals surface area contributed by atoms with Gasteiger partial charge in [0, 0.05) is 29.3 Å². The molecule has 0 aliphatic carbocycles. The van der Waals surface area contributed by atoms with E-state index in [1.54, 1.807) is 20.1 Å². The quantitative estimate of drug-likeness (QED) is 0.0793. The van der Waals surface area contributed by atoms with Gasteiger partial charge in [0.25, 0.3) is 0 Å². The summed E-state index contributed by atoms with van der Waals surface area (Å²) in [6.07, 6.45) is 16.7. The minimum Gasteiger partial charge on any atom is -0.134 e. The first-order chi connectivity index (χ1) is 19.1. The van der Waals surface area contributed by atoms with E-state index in [0.717, 1.165) is 0 Å². The van der Waals surface area contributed by atoms with Crippen molar-refractivity contribution in [3.05, 3.63) is 44.0 Å². The second-order valence-electron chi connectivity index (χ2n) is 11.0. The first kappa shape index (κ1) is 30.4. The van der Waals surface area contributed by atoms with Crippen molar-refractivity contribution < 1.29 is 0 Å². The SMILES string of the molecule is CCCCCCCC[Si]1(CCCCCCCC)c2cc(-c3ccc(Br)s3)sc2-c2sc(-c3ccc(Br)s3)cc21. The summed E-state index contributed by atoms with van der Waals surface area (Å²) < 4.78 is 2.46. The zero-order chi connectivity index (χ0) is 27.2. The molecule has 210 valence electrons. The number of thiophene rings is 4. The Hall–Kier alpha value is -0.0231. The van der Waals surface area contributed by atoms with E-state index in [0.29, 0.717) is 0 Å². The summed E-state index contributed by atoms with van der Waals surface area (Å²) in [5.74, 6) is 0. The van der Waals surface area contributed by atoms with Crippen molar-refractivity contribution >= 4 is 95.7 Å². The second-order valence-corrected chi connectivity index (χ2v) is 22.3. The lowest BCUT2D eigenvalue weighted by Gasteiger charge is -2.29. The third-order valence-corrected chi connectivity index (χ3v) is 19.9. The van der Waals surface area contributed by atoms with Crippen LogP contribution < -0.4 is 10.4 Å². The van der Waals surface area contributed by atoms with Gasteiger partial charge in [0.05, 0.1) is 7.57 Å². The molecule has 0 fully saturated rings. The zero-order valence-electron chi connectivity index (χ0n) is 23.3. The Balaban J connectivity index is 1.50. The molecule has 39 heavy (non-hydrogen) atoms. The van der Waals surface area contributed by atoms with Gasteiger partial charge < -0.3 is 0 Å². The van der Waals surface area contributed by atoms with E-state index in [1.807, 2.05) is 22.7 Å². The maximum atomic E-state index is 3.72. The molecule has 0 spiro atoms. The minimum absolute atomic E-state index is 1.23. The Labute approximate surface area is 269 Å². The van der Waals surface area contributed by atoms with Crippen LogP contribution in [-0.4, -0.2) is 8.07 Å². The molecule has 0 amide bonds. The molecule has 0 nitrogen and oxygen atoms in total. The maximum absolute atomic E-state index is 3.72. The monoisotopic (exact) mass is 738 g/mol. The van der Waals surface area contributed by atoms with E-state index in [-0.39, 0.29) is 0 Å². The highest BCUT2D eigenvalue weighted by atomic mass is 79.9. The van der Waals surface area contributed by atoms with Crippen LogP contribution in [0.5, 0.6) is 0 Å². The number of hydrogen-bond acceptors (Lipinski definition) is 4. The molecule has 0 N–H and O–H groups in total. The van der Waals surface area contributed by atoms with Crippen molar-refractivity contribution in [2.24, 2.45) is 0 Å². The predicted octanol–water partition coefficient (Wildman–Crippen LogP) is 13.1. The molecule has 1 aliphatic rings. The fourth-order valence-electron chi connectivity index (χ4n) is 6.19. The number of unbranched alkanes of at least 4 members (excludes halogenated alkanes) is 10. The van der Waals surface area contributed by atoms with Crippen molar-refractivity contribution in [2.75, 3.05) is 0 Å². The molecular weight excluding hydrogens is 701 g/mol. The largest absolute Gasteiger partial charge is 0.134 e. The van der Waals surface area contributed by atoms with Crippen LogP contribution in [0.4, 0.5) is 0 Å². The summed E-state index contributed by atoms with van der Waals surface area (Å²) in [5, 5.41) is 3.57. The van der Waals surface area contributed by atoms with E-state index in [4.69, 9.17) is 0 Å². The molecule has 0 saturated carbocycles. The van der Waals surface area contributed by atoms with Crippen LogP contribution in [0.2, 0.25) is 12.1 Å². The van der Waals surface area contributed by atoms with Gasteiger partial charge in [-0.05, 0) is 90.7 Å². The van der Waals surface area contributed by atoms with Crippen molar-refractivity contribution in [2.45, 2.75) is 103 Å². The number of halogens is 2. The summed E-state index contributed by atoms with van der Waals surface area (Å²) in [6, 6.07) is 17.2. The van der Waals surface area contributed by atoms with Crippen LogP contribution in [0.15, 0.2) is 44.0 Å². The van der Waals surface area contributed by atoms with Crippen LogP contribution in [-0.2, 0) is 0 Å². The van der Waals surface area contributed by atoms with E-state index in [1.165, 1.54) is 116 Å². The average Bonchev–Trinajstić information content (AvgIpc) is 3.73. The summed E-state index contributed by atoms with van der Waals surface area (Å²) in [6.45, 7) is 4.65. The molecule has 1 aliphatic heterocycles. The second kappa shape index (κ2) is 14.4. The molecule has 4 aromatic rings. The zero-order valence-corrected chi connectivity index (χ0v) is 30.7. The van der Waals surface area contributed by atoms with Crippen molar-refractivity contribution in [1.29, 1.82) is 0 Å². The topological polar surface area (TPSA) is 0 Å². The molecule has 4 aromatic heterocycles. The highest BCUT2D eigenvalue weighted by Gasteiger charge is 2.47. The molecule has 0 atom stereocenters. The Kier molecular flexibility index (Phi) is 11.3. The molecule has 7 heteroatoms. The molecule has 0 saturated heterocycles. The van der Waals surface area contributed by atoms with Crippen LogP contribution in [0.25, 0.3) is 29.3 Å². The fourth-order valence-corrected chi connectivity index (χ4v) is 18.6. The van der Waals surface area contributed by atoms with Gasteiger partial charge >= 0.3 is 0 Å². The van der Waals surface area contributed by atoms with E-state index >= 15 is 0 Å². The van der Waals surface area contributed by atoms with Gasteiger partial charge in [-0.2, -0.15) is 0 Å². The summed E-state index contributed by atoms with van der Waals surface area (Å²) in [7, 11) is -1.81. The van der Waals surface area contributed by atoms with Gasteiger partial charge in [-0.3, -0.25) is 0 Å². The summed E-state index contributed by atoms with van der Waals surface area (Å²) in [4.78, 5) is 9.06. The number of fused-ring (bicyclic) bond motifs is 3. The van der Waals surface area contributed by atoms with E-state index in [2.05, 4.69) is 105 Å². The summed E-state index contributed by atoms with van der Waals surface area (Å²) >= 11 is 15.4. The standard InChI is InChI=1S/C32H40Br2S4Si/c1-3-5-7-9-11-13-19-39(20-14-12-10-8-6-4-2)27-21-25(23-15-17-29(33)35-23)37-31(27)32-28(39)22-26(38-32)24-16-18-30(34)36-24/h15-18,21-22H,3-14,19-20H2,1-2H3.